The van der Waals surface area contributed by atoms with Crippen molar-refractivity contribution < 1.29 is 19.8 Å². The van der Waals surface area contributed by atoms with E-state index in [2.05, 4.69) is 0 Å². The predicted molar refractivity (Wildman–Crippen MR) is 78.4 cm³/mol. The van der Waals surface area contributed by atoms with Gasteiger partial charge in [-0.05, 0) is 37.1 Å². The van der Waals surface area contributed by atoms with Crippen LogP contribution in [0.4, 0.5) is 0 Å². The van der Waals surface area contributed by atoms with E-state index >= 15 is 0 Å². The van der Waals surface area contributed by atoms with E-state index in [1.165, 1.54) is 6.08 Å². The van der Waals surface area contributed by atoms with E-state index in [4.69, 9.17) is 5.11 Å². The first kappa shape index (κ1) is 20.1. The topological polar surface area (TPSA) is 74.6 Å². The molecule has 0 heterocycles. The second-order valence-electron chi connectivity index (χ2n) is 5.68. The van der Waals surface area contributed by atoms with Gasteiger partial charge in [0, 0.05) is 76.1 Å². The molecule has 20 heavy (non-hydrogen) atoms. The van der Waals surface area contributed by atoms with Crippen LogP contribution in [0.15, 0.2) is 35.5 Å². The molecule has 0 unspecified atom stereocenters. The third kappa shape index (κ3) is 4.56. The molecule has 0 aromatic heterocycles. The second kappa shape index (κ2) is 7.41. The maximum Gasteiger partial charge on any atom is 0.328 e. The first-order valence-corrected chi connectivity index (χ1v) is 6.13. The number of carbonyl (C=O) groups is 2. The molecule has 1 aliphatic rings. The number of carboxylic acid groups (broad SMARTS) is 1. The molecule has 0 aromatic rings. The fraction of sp³-hybridized carbons (Fsp3) is 0.467. The largest absolute Gasteiger partial charge is 0.478 e. The number of carboxylic acids is 1. The van der Waals surface area contributed by atoms with Gasteiger partial charge in [-0.2, -0.15) is 0 Å². The van der Waals surface area contributed by atoms with Crippen LogP contribution in [0.25, 0.3) is 0 Å². The first-order chi connectivity index (χ1) is 8.58. The van der Waals surface area contributed by atoms with Crippen molar-refractivity contribution in [1.29, 1.82) is 0 Å². The SMILES string of the molecule is CC1=CC(=O)CC(C)(C)[C@@]1(O)/C=C/C(C)=C\C(=O)O.[Rb]. The summed E-state index contributed by atoms with van der Waals surface area (Å²) in [5.41, 5.74) is -0.758. The Kier molecular flexibility index (Phi) is 7.45. The van der Waals surface area contributed by atoms with Crippen molar-refractivity contribution in [3.63, 3.8) is 0 Å². The molecule has 2 N–H and O–H groups in total. The fourth-order valence-corrected chi connectivity index (χ4v) is 2.36. The first-order valence-electron chi connectivity index (χ1n) is 6.13. The van der Waals surface area contributed by atoms with E-state index in [0.29, 0.717) is 11.1 Å². The van der Waals surface area contributed by atoms with Crippen LogP contribution in [0.1, 0.15) is 34.1 Å². The average Bonchev–Trinajstić information content (AvgIpc) is 2.21. The Bertz CT molecular complexity index is 500. The predicted octanol–water partition coefficient (Wildman–Crippen LogP) is 1.87. The number of hydrogen-bond acceptors (Lipinski definition) is 3. The Labute approximate surface area is 168 Å². The molecular weight excluding hydrogens is 330 g/mol. The molecule has 0 amide bonds. The number of carbonyl (C=O) groups excluding carboxylic acids is 1. The monoisotopic (exact) mass is 349 g/mol. The zero-order chi connectivity index (χ0) is 14.8. The van der Waals surface area contributed by atoms with Crippen LogP contribution in [-0.2, 0) is 9.59 Å². The molecule has 0 aromatic carbocycles. The molecule has 1 rings (SSSR count). The molecule has 1 radical (unpaired) electrons. The zero-order valence-electron chi connectivity index (χ0n) is 12.7. The Morgan fingerprint density at radius 2 is 1.95 bits per heavy atom. The van der Waals surface area contributed by atoms with Gasteiger partial charge >= 0.3 is 5.97 Å². The van der Waals surface area contributed by atoms with E-state index in [0.717, 1.165) is 6.08 Å². The molecule has 105 valence electrons. The van der Waals surface area contributed by atoms with Gasteiger partial charge in [0.1, 0.15) is 5.60 Å². The maximum absolute atomic E-state index is 11.6. The molecule has 1 aliphatic carbocycles. The Hall–Kier alpha value is 0.125. The standard InChI is InChI=1S/C15H20O4.Rb/c1-10(7-13(17)18)5-6-15(19)11(2)8-12(16)9-14(15,3)4;/h5-8,19H,9H2,1-4H3,(H,17,18);/b6-5+,10-7-;/t15-;/m1./s1. The van der Waals surface area contributed by atoms with Gasteiger partial charge < -0.3 is 10.2 Å². The van der Waals surface area contributed by atoms with Gasteiger partial charge in [0.25, 0.3) is 0 Å². The van der Waals surface area contributed by atoms with Gasteiger partial charge in [-0.3, -0.25) is 4.79 Å². The molecular formula is C15H20O4Rb. The molecule has 0 spiro atoms. The quantitative estimate of drug-likeness (QED) is 0.602. The van der Waals surface area contributed by atoms with Crippen molar-refractivity contribution in [2.45, 2.75) is 39.7 Å². The van der Waals surface area contributed by atoms with Gasteiger partial charge in [-0.25, -0.2) is 4.79 Å². The minimum Gasteiger partial charge on any atom is -0.478 e. The van der Waals surface area contributed by atoms with Crippen LogP contribution in [0.2, 0.25) is 0 Å². The summed E-state index contributed by atoms with van der Waals surface area (Å²) in [6.45, 7) is 7.00. The number of allylic oxidation sites excluding steroid dienone is 3. The van der Waals surface area contributed by atoms with Crippen molar-refractivity contribution in [3.05, 3.63) is 35.5 Å². The summed E-state index contributed by atoms with van der Waals surface area (Å²) in [7, 11) is 0. The molecule has 0 fully saturated rings. The summed E-state index contributed by atoms with van der Waals surface area (Å²) in [4.78, 5) is 22.1. The summed E-state index contributed by atoms with van der Waals surface area (Å²) < 4.78 is 0. The summed E-state index contributed by atoms with van der Waals surface area (Å²) >= 11 is 0. The smallest absolute Gasteiger partial charge is 0.328 e. The normalized spacial score (nSPS) is 26.1. The molecule has 0 bridgehead atoms. The molecule has 0 saturated heterocycles. The van der Waals surface area contributed by atoms with Crippen LogP contribution in [0.3, 0.4) is 0 Å². The van der Waals surface area contributed by atoms with E-state index in [9.17, 15) is 14.7 Å². The van der Waals surface area contributed by atoms with Gasteiger partial charge in [0.15, 0.2) is 5.78 Å². The van der Waals surface area contributed by atoms with Gasteiger partial charge in [0.05, 0.1) is 0 Å². The van der Waals surface area contributed by atoms with Gasteiger partial charge in [0.2, 0.25) is 0 Å². The molecule has 1 atom stereocenters. The average molecular weight is 350 g/mol. The Balaban J connectivity index is 0.00000361. The second-order valence-corrected chi connectivity index (χ2v) is 5.68. The van der Waals surface area contributed by atoms with Crippen LogP contribution in [0.5, 0.6) is 0 Å². The van der Waals surface area contributed by atoms with Crippen molar-refractivity contribution in [3.8, 4) is 0 Å². The fourth-order valence-electron chi connectivity index (χ4n) is 2.36. The molecule has 0 saturated carbocycles. The zero-order valence-corrected chi connectivity index (χ0v) is 17.6. The van der Waals surface area contributed by atoms with Crippen LogP contribution >= 0.6 is 0 Å². The molecule has 0 aliphatic heterocycles. The van der Waals surface area contributed by atoms with E-state index in [1.54, 1.807) is 26.0 Å². The van der Waals surface area contributed by atoms with Crippen molar-refractivity contribution in [2.75, 3.05) is 0 Å². The van der Waals surface area contributed by atoms with Crippen molar-refractivity contribution in [1.82, 2.24) is 0 Å². The Morgan fingerprint density at radius 3 is 2.40 bits per heavy atom. The minimum atomic E-state index is -1.24. The van der Waals surface area contributed by atoms with Crippen molar-refractivity contribution in [2.24, 2.45) is 5.41 Å². The Morgan fingerprint density at radius 1 is 1.40 bits per heavy atom. The van der Waals surface area contributed by atoms with Crippen LogP contribution < -0.4 is 0 Å². The minimum absolute atomic E-state index is 0. The van der Waals surface area contributed by atoms with Crippen LogP contribution in [-0.4, -0.2) is 85.8 Å². The van der Waals surface area contributed by atoms with Gasteiger partial charge in [-0.15, -0.1) is 0 Å². The molecule has 5 heteroatoms. The van der Waals surface area contributed by atoms with E-state index < -0.39 is 17.0 Å². The number of ketones is 1. The summed E-state index contributed by atoms with van der Waals surface area (Å²) in [6.07, 6.45) is 5.92. The van der Waals surface area contributed by atoms with Crippen molar-refractivity contribution >= 4 is 69.9 Å². The van der Waals surface area contributed by atoms with E-state index in [-0.39, 0.29) is 70.4 Å². The number of aliphatic hydroxyl groups is 1. The number of aliphatic carboxylic acids is 1. The summed E-state index contributed by atoms with van der Waals surface area (Å²) in [5.74, 6) is -1.03. The number of rotatable bonds is 3. The van der Waals surface area contributed by atoms with Gasteiger partial charge in [-0.1, -0.05) is 19.9 Å². The third-order valence-corrected chi connectivity index (χ3v) is 3.57. The number of hydrogen-bond donors (Lipinski definition) is 2. The van der Waals surface area contributed by atoms with E-state index in [1.807, 2.05) is 13.8 Å². The maximum atomic E-state index is 11.6. The summed E-state index contributed by atoms with van der Waals surface area (Å²) in [5, 5.41) is 19.4. The van der Waals surface area contributed by atoms with Crippen LogP contribution in [0, 0.1) is 5.41 Å². The third-order valence-electron chi connectivity index (χ3n) is 3.57. The molecule has 4 nitrogen and oxygen atoms in total. The summed E-state index contributed by atoms with van der Waals surface area (Å²) in [6, 6.07) is 0.